The Kier molecular flexibility index (Phi) is 3.98. The highest BCUT2D eigenvalue weighted by molar-refractivity contribution is 6.09. The van der Waals surface area contributed by atoms with Crippen LogP contribution >= 0.6 is 0 Å². The first-order chi connectivity index (χ1) is 16.3. The molecule has 0 saturated carbocycles. The summed E-state index contributed by atoms with van der Waals surface area (Å²) in [7, 11) is 0. The van der Waals surface area contributed by atoms with E-state index in [1.54, 1.807) is 6.07 Å². The van der Waals surface area contributed by atoms with Crippen molar-refractivity contribution in [3.05, 3.63) is 108 Å². The van der Waals surface area contributed by atoms with Crippen LogP contribution in [-0.4, -0.2) is 10.1 Å². The van der Waals surface area contributed by atoms with Crippen molar-refractivity contribution in [3.8, 4) is 5.75 Å². The van der Waals surface area contributed by atoms with Crippen molar-refractivity contribution in [3.63, 3.8) is 0 Å². The summed E-state index contributed by atoms with van der Waals surface area (Å²) >= 11 is 0. The first-order valence-corrected chi connectivity index (χ1v) is 11.7. The predicted molar refractivity (Wildman–Crippen MR) is 137 cm³/mol. The van der Waals surface area contributed by atoms with E-state index < -0.39 is 0 Å². The van der Waals surface area contributed by atoms with Crippen molar-refractivity contribution in [1.29, 1.82) is 0 Å². The third-order valence-electron chi connectivity index (χ3n) is 7.37. The number of aromatic hydroxyl groups is 1. The molecule has 0 radical (unpaired) electrons. The lowest BCUT2D eigenvalue weighted by molar-refractivity contribution is 0.474. The zero-order chi connectivity index (χ0) is 21.9. The molecule has 7 rings (SSSR count). The lowest BCUT2D eigenvalue weighted by Gasteiger charge is -2.29. The summed E-state index contributed by atoms with van der Waals surface area (Å²) < 4.78 is 0. The predicted octanol–water partition coefficient (Wildman–Crippen LogP) is 7.87. The van der Waals surface area contributed by atoms with Gasteiger partial charge < -0.3 is 5.11 Å². The van der Waals surface area contributed by atoms with E-state index in [9.17, 15) is 5.11 Å². The molecule has 2 heteroatoms. The third-order valence-corrected chi connectivity index (χ3v) is 7.37. The number of pyridine rings is 1. The van der Waals surface area contributed by atoms with Crippen molar-refractivity contribution in [1.82, 2.24) is 4.98 Å². The molecule has 0 aliphatic heterocycles. The Bertz CT molecular complexity index is 1720. The van der Waals surface area contributed by atoms with Gasteiger partial charge in [0.15, 0.2) is 0 Å². The number of benzene rings is 5. The van der Waals surface area contributed by atoms with E-state index in [2.05, 4.69) is 66.7 Å². The maximum absolute atomic E-state index is 10.7. The summed E-state index contributed by atoms with van der Waals surface area (Å²) in [5.74, 6) is 0.522. The minimum atomic E-state index is 0.233. The monoisotopic (exact) mass is 425 g/mol. The fourth-order valence-electron chi connectivity index (χ4n) is 5.92. The first kappa shape index (κ1) is 18.6. The normalized spacial score (nSPS) is 15.9. The Labute approximate surface area is 192 Å². The van der Waals surface area contributed by atoms with E-state index in [1.807, 2.05) is 18.2 Å². The number of fused-ring (bicyclic) bond motifs is 7. The van der Waals surface area contributed by atoms with Gasteiger partial charge in [0, 0.05) is 22.8 Å². The second kappa shape index (κ2) is 7.05. The molecule has 1 unspecified atom stereocenters. The Morgan fingerprint density at radius 3 is 2.42 bits per heavy atom. The zero-order valence-corrected chi connectivity index (χ0v) is 18.3. The largest absolute Gasteiger partial charge is 0.508 e. The minimum Gasteiger partial charge on any atom is -0.508 e. The van der Waals surface area contributed by atoms with Crippen LogP contribution in [0.15, 0.2) is 91.0 Å². The Morgan fingerprint density at radius 2 is 1.48 bits per heavy atom. The Balaban J connectivity index is 1.55. The maximum atomic E-state index is 10.7. The van der Waals surface area contributed by atoms with Gasteiger partial charge in [-0.25, -0.2) is 4.98 Å². The molecule has 1 atom stereocenters. The number of aromatic nitrogens is 1. The molecule has 0 spiro atoms. The first-order valence-electron chi connectivity index (χ1n) is 11.7. The molecular formula is C31H23NO. The van der Waals surface area contributed by atoms with Crippen LogP contribution in [-0.2, 0) is 6.42 Å². The molecule has 0 amide bonds. The molecule has 1 aliphatic rings. The highest BCUT2D eigenvalue weighted by Gasteiger charge is 2.26. The molecule has 0 bridgehead atoms. The van der Waals surface area contributed by atoms with Gasteiger partial charge >= 0.3 is 0 Å². The Hall–Kier alpha value is -3.91. The molecule has 0 fully saturated rings. The minimum absolute atomic E-state index is 0.233. The summed E-state index contributed by atoms with van der Waals surface area (Å²) in [5.41, 5.74) is 5.86. The van der Waals surface area contributed by atoms with Crippen molar-refractivity contribution in [2.45, 2.75) is 25.2 Å². The average Bonchev–Trinajstić information content (AvgIpc) is 2.86. The number of phenols is 1. The van der Waals surface area contributed by atoms with Crippen molar-refractivity contribution < 1.29 is 5.11 Å². The molecule has 1 aromatic heterocycles. The van der Waals surface area contributed by atoms with E-state index in [4.69, 9.17) is 4.98 Å². The van der Waals surface area contributed by atoms with Crippen LogP contribution in [0.5, 0.6) is 5.75 Å². The molecule has 1 aliphatic carbocycles. The van der Waals surface area contributed by atoms with Gasteiger partial charge in [0.05, 0.1) is 11.0 Å². The highest BCUT2D eigenvalue weighted by Crippen LogP contribution is 2.45. The van der Waals surface area contributed by atoms with Crippen LogP contribution in [0, 0.1) is 0 Å². The topological polar surface area (TPSA) is 33.1 Å². The number of rotatable bonds is 1. The number of nitrogens with zero attached hydrogens (tertiary/aromatic N) is 1. The van der Waals surface area contributed by atoms with Crippen molar-refractivity contribution in [2.75, 3.05) is 0 Å². The van der Waals surface area contributed by atoms with E-state index >= 15 is 0 Å². The Morgan fingerprint density at radius 1 is 0.667 bits per heavy atom. The lowest BCUT2D eigenvalue weighted by atomic mass is 9.75. The maximum Gasteiger partial charge on any atom is 0.118 e. The van der Waals surface area contributed by atoms with Gasteiger partial charge in [-0.05, 0) is 75.7 Å². The molecule has 5 aromatic carbocycles. The fraction of sp³-hybridized carbons (Fsp3) is 0.129. The van der Waals surface area contributed by atoms with Crippen LogP contribution < -0.4 is 0 Å². The quantitative estimate of drug-likeness (QED) is 0.215. The van der Waals surface area contributed by atoms with Gasteiger partial charge in [-0.15, -0.1) is 0 Å². The van der Waals surface area contributed by atoms with E-state index in [1.165, 1.54) is 38.2 Å². The summed E-state index contributed by atoms with van der Waals surface area (Å²) in [6.45, 7) is 0. The highest BCUT2D eigenvalue weighted by atomic mass is 16.3. The van der Waals surface area contributed by atoms with E-state index in [0.717, 1.165) is 41.1 Å². The van der Waals surface area contributed by atoms with Crippen molar-refractivity contribution >= 4 is 43.4 Å². The SMILES string of the molecule is Oc1cc(C2CCCc3ccc4c(ccc5ccccc54)c32)c2cc3ccccc3nc2c1. The van der Waals surface area contributed by atoms with E-state index in [-0.39, 0.29) is 11.7 Å². The van der Waals surface area contributed by atoms with Crippen LogP contribution in [0.2, 0.25) is 0 Å². The molecule has 2 nitrogen and oxygen atoms in total. The molecule has 0 saturated heterocycles. The summed E-state index contributed by atoms with van der Waals surface area (Å²) in [4.78, 5) is 4.89. The number of phenolic OH excluding ortho intramolecular Hbond substituents is 1. The van der Waals surface area contributed by atoms with Gasteiger partial charge in [0.25, 0.3) is 0 Å². The number of aryl methyl sites for hydroxylation is 1. The average molecular weight is 426 g/mol. The van der Waals surface area contributed by atoms with Crippen LogP contribution in [0.25, 0.3) is 43.4 Å². The smallest absolute Gasteiger partial charge is 0.118 e. The summed E-state index contributed by atoms with van der Waals surface area (Å²) in [6, 6.07) is 32.1. The molecular weight excluding hydrogens is 402 g/mol. The summed E-state index contributed by atoms with van der Waals surface area (Å²) in [5, 5.41) is 18.2. The number of hydrogen-bond acceptors (Lipinski definition) is 2. The van der Waals surface area contributed by atoms with Gasteiger partial charge in [0.2, 0.25) is 0 Å². The zero-order valence-electron chi connectivity index (χ0n) is 18.3. The molecule has 158 valence electrons. The second-order valence-electron chi connectivity index (χ2n) is 9.25. The van der Waals surface area contributed by atoms with Gasteiger partial charge in [-0.2, -0.15) is 0 Å². The fourth-order valence-corrected chi connectivity index (χ4v) is 5.92. The lowest BCUT2D eigenvalue weighted by Crippen LogP contribution is -2.12. The van der Waals surface area contributed by atoms with Gasteiger partial charge in [-0.1, -0.05) is 66.7 Å². The third kappa shape index (κ3) is 2.84. The molecule has 1 N–H and O–H groups in total. The van der Waals surface area contributed by atoms with Crippen molar-refractivity contribution in [2.24, 2.45) is 0 Å². The van der Waals surface area contributed by atoms with E-state index in [0.29, 0.717) is 0 Å². The molecule has 6 aromatic rings. The number of para-hydroxylation sites is 1. The standard InChI is InChI=1S/C31H23NO/c33-22-17-27(28-16-21-7-2-4-11-29(21)32-30(28)18-22)25-10-5-8-20-13-14-24-23-9-3-1-6-19(23)12-15-26(24)31(20)25/h1-4,6-7,9,11-18,25,33H,5,8,10H2. The second-order valence-corrected chi connectivity index (χ2v) is 9.25. The molecule has 1 heterocycles. The van der Waals surface area contributed by atoms with Gasteiger partial charge in [-0.3, -0.25) is 0 Å². The van der Waals surface area contributed by atoms with Gasteiger partial charge in [0.1, 0.15) is 5.75 Å². The number of hydrogen-bond donors (Lipinski definition) is 1. The van der Waals surface area contributed by atoms with Crippen LogP contribution in [0.4, 0.5) is 0 Å². The molecule has 33 heavy (non-hydrogen) atoms. The van der Waals surface area contributed by atoms with Crippen LogP contribution in [0.3, 0.4) is 0 Å². The van der Waals surface area contributed by atoms with Crippen LogP contribution in [0.1, 0.15) is 35.4 Å². The summed E-state index contributed by atoms with van der Waals surface area (Å²) in [6.07, 6.45) is 3.33.